The van der Waals surface area contributed by atoms with Gasteiger partial charge in [0.1, 0.15) is 5.75 Å². The lowest BCUT2D eigenvalue weighted by atomic mass is 10.0. The highest BCUT2D eigenvalue weighted by Gasteiger charge is 2.06. The van der Waals surface area contributed by atoms with Crippen molar-refractivity contribution < 1.29 is 4.74 Å². The van der Waals surface area contributed by atoms with Crippen LogP contribution in [0.4, 0.5) is 0 Å². The van der Waals surface area contributed by atoms with Gasteiger partial charge in [0.05, 0.1) is 18.7 Å². The van der Waals surface area contributed by atoms with E-state index >= 15 is 0 Å². The van der Waals surface area contributed by atoms with Gasteiger partial charge in [-0.05, 0) is 36.6 Å². The topological polar surface area (TPSA) is 33.0 Å². The van der Waals surface area contributed by atoms with E-state index in [1.54, 1.807) is 13.2 Å². The smallest absolute Gasteiger partial charge is 0.123 e. The first kappa shape index (κ1) is 9.60. The van der Waals surface area contributed by atoms with Crippen LogP contribution in [-0.2, 0) is 6.42 Å². The van der Waals surface area contributed by atoms with Crippen LogP contribution in [0, 0.1) is 18.3 Å². The van der Waals surface area contributed by atoms with Crippen LogP contribution in [0.15, 0.2) is 12.1 Å². The van der Waals surface area contributed by atoms with Gasteiger partial charge in [-0.1, -0.05) is 6.92 Å². The van der Waals surface area contributed by atoms with Crippen LogP contribution in [0.25, 0.3) is 0 Å². The van der Waals surface area contributed by atoms with Gasteiger partial charge in [-0.25, -0.2) is 0 Å². The molecule has 0 saturated carbocycles. The number of hydrogen-bond acceptors (Lipinski definition) is 2. The highest BCUT2D eigenvalue weighted by molar-refractivity contribution is 5.47. The standard InChI is InChI=1S/C11H13NO/c1-4-10-8(2)5-9(7-12)6-11(10)13-3/h5-6H,4H2,1-3H3. The maximum absolute atomic E-state index is 8.74. The zero-order chi connectivity index (χ0) is 9.84. The van der Waals surface area contributed by atoms with Crippen molar-refractivity contribution in [1.82, 2.24) is 0 Å². The van der Waals surface area contributed by atoms with Crippen LogP contribution < -0.4 is 4.74 Å². The minimum atomic E-state index is 0.659. The highest BCUT2D eigenvalue weighted by Crippen LogP contribution is 2.24. The zero-order valence-electron chi connectivity index (χ0n) is 8.22. The number of methoxy groups -OCH3 is 1. The molecule has 0 aliphatic carbocycles. The summed E-state index contributed by atoms with van der Waals surface area (Å²) >= 11 is 0. The summed E-state index contributed by atoms with van der Waals surface area (Å²) < 4.78 is 5.21. The van der Waals surface area contributed by atoms with E-state index in [0.717, 1.165) is 17.7 Å². The summed E-state index contributed by atoms with van der Waals surface area (Å²) in [6.45, 7) is 4.08. The third-order valence-corrected chi connectivity index (χ3v) is 2.13. The van der Waals surface area contributed by atoms with Crippen molar-refractivity contribution in [2.45, 2.75) is 20.3 Å². The largest absolute Gasteiger partial charge is 0.496 e. The molecule has 2 nitrogen and oxygen atoms in total. The summed E-state index contributed by atoms with van der Waals surface area (Å²) in [6.07, 6.45) is 0.931. The Morgan fingerprint density at radius 2 is 2.15 bits per heavy atom. The molecule has 68 valence electrons. The average Bonchev–Trinajstić information content (AvgIpc) is 2.16. The quantitative estimate of drug-likeness (QED) is 0.691. The molecule has 0 heterocycles. The fourth-order valence-electron chi connectivity index (χ4n) is 1.48. The Hall–Kier alpha value is -1.49. The van der Waals surface area contributed by atoms with E-state index in [2.05, 4.69) is 13.0 Å². The van der Waals surface area contributed by atoms with Crippen LogP contribution >= 0.6 is 0 Å². The maximum Gasteiger partial charge on any atom is 0.123 e. The van der Waals surface area contributed by atoms with Crippen molar-refractivity contribution in [2.75, 3.05) is 7.11 Å². The highest BCUT2D eigenvalue weighted by atomic mass is 16.5. The molecule has 0 saturated heterocycles. The first-order valence-electron chi connectivity index (χ1n) is 4.30. The molecule has 0 radical (unpaired) electrons. The summed E-state index contributed by atoms with van der Waals surface area (Å²) in [5, 5.41) is 8.74. The van der Waals surface area contributed by atoms with Gasteiger partial charge in [0.25, 0.3) is 0 Å². The third kappa shape index (κ3) is 1.81. The van der Waals surface area contributed by atoms with Crippen molar-refractivity contribution in [2.24, 2.45) is 0 Å². The minimum absolute atomic E-state index is 0.659. The number of aryl methyl sites for hydroxylation is 1. The fraction of sp³-hybridized carbons (Fsp3) is 0.364. The first-order chi connectivity index (χ1) is 6.22. The molecule has 13 heavy (non-hydrogen) atoms. The van der Waals surface area contributed by atoms with E-state index in [0.29, 0.717) is 5.56 Å². The molecular formula is C11H13NO. The zero-order valence-corrected chi connectivity index (χ0v) is 8.22. The molecule has 0 atom stereocenters. The van der Waals surface area contributed by atoms with Crippen molar-refractivity contribution in [3.05, 3.63) is 28.8 Å². The van der Waals surface area contributed by atoms with Gasteiger partial charge in [0.15, 0.2) is 0 Å². The number of hydrogen-bond donors (Lipinski definition) is 0. The van der Waals surface area contributed by atoms with E-state index in [4.69, 9.17) is 10.00 Å². The first-order valence-corrected chi connectivity index (χ1v) is 4.30. The number of benzene rings is 1. The molecule has 0 fully saturated rings. The summed E-state index contributed by atoms with van der Waals surface area (Å²) in [4.78, 5) is 0. The van der Waals surface area contributed by atoms with Crippen molar-refractivity contribution in [1.29, 1.82) is 5.26 Å². The molecule has 0 aliphatic rings. The molecule has 0 aromatic heterocycles. The van der Waals surface area contributed by atoms with Crippen molar-refractivity contribution >= 4 is 0 Å². The number of rotatable bonds is 2. The Balaban J connectivity index is 3.31. The second-order valence-electron chi connectivity index (χ2n) is 2.94. The maximum atomic E-state index is 8.74. The SMILES string of the molecule is CCc1c(C)cc(C#N)cc1OC. The summed E-state index contributed by atoms with van der Waals surface area (Å²) in [5.74, 6) is 0.819. The second-order valence-corrected chi connectivity index (χ2v) is 2.94. The van der Waals surface area contributed by atoms with Gasteiger partial charge in [0, 0.05) is 0 Å². The van der Waals surface area contributed by atoms with Gasteiger partial charge >= 0.3 is 0 Å². The van der Waals surface area contributed by atoms with Crippen LogP contribution in [0.5, 0.6) is 5.75 Å². The van der Waals surface area contributed by atoms with Crippen LogP contribution in [0.3, 0.4) is 0 Å². The monoisotopic (exact) mass is 175 g/mol. The van der Waals surface area contributed by atoms with Gasteiger partial charge in [-0.2, -0.15) is 5.26 Å². The molecule has 1 aromatic rings. The molecule has 0 spiro atoms. The van der Waals surface area contributed by atoms with E-state index in [9.17, 15) is 0 Å². The molecule has 1 rings (SSSR count). The van der Waals surface area contributed by atoms with Crippen molar-refractivity contribution in [3.8, 4) is 11.8 Å². The Kier molecular flexibility index (Phi) is 2.92. The predicted molar refractivity (Wildman–Crippen MR) is 51.8 cm³/mol. The lowest BCUT2D eigenvalue weighted by molar-refractivity contribution is 0.409. The molecule has 1 aromatic carbocycles. The lowest BCUT2D eigenvalue weighted by Crippen LogP contribution is -1.95. The van der Waals surface area contributed by atoms with E-state index in [1.165, 1.54) is 5.56 Å². The van der Waals surface area contributed by atoms with Crippen molar-refractivity contribution in [3.63, 3.8) is 0 Å². The summed E-state index contributed by atoms with van der Waals surface area (Å²) in [6, 6.07) is 5.79. The van der Waals surface area contributed by atoms with Gasteiger partial charge < -0.3 is 4.74 Å². The molecule has 0 N–H and O–H groups in total. The Morgan fingerprint density at radius 1 is 1.46 bits per heavy atom. The number of ether oxygens (including phenoxy) is 1. The van der Waals surface area contributed by atoms with Crippen LogP contribution in [0.1, 0.15) is 23.6 Å². The van der Waals surface area contributed by atoms with Crippen LogP contribution in [0.2, 0.25) is 0 Å². The second kappa shape index (κ2) is 3.95. The molecule has 0 aliphatic heterocycles. The fourth-order valence-corrected chi connectivity index (χ4v) is 1.48. The normalized spacial score (nSPS) is 9.38. The number of nitrogens with zero attached hydrogens (tertiary/aromatic N) is 1. The van der Waals surface area contributed by atoms with E-state index < -0.39 is 0 Å². The van der Waals surface area contributed by atoms with Gasteiger partial charge in [0.2, 0.25) is 0 Å². The third-order valence-electron chi connectivity index (χ3n) is 2.13. The average molecular weight is 175 g/mol. The minimum Gasteiger partial charge on any atom is -0.496 e. The summed E-state index contributed by atoms with van der Waals surface area (Å²) in [7, 11) is 1.63. The molecule has 0 bridgehead atoms. The van der Waals surface area contributed by atoms with Crippen LogP contribution in [-0.4, -0.2) is 7.11 Å². The Morgan fingerprint density at radius 3 is 2.62 bits per heavy atom. The predicted octanol–water partition coefficient (Wildman–Crippen LogP) is 2.44. The molecule has 0 unspecified atom stereocenters. The number of nitriles is 1. The Labute approximate surface area is 78.8 Å². The summed E-state index contributed by atoms with van der Waals surface area (Å²) in [5.41, 5.74) is 2.96. The van der Waals surface area contributed by atoms with E-state index in [-0.39, 0.29) is 0 Å². The van der Waals surface area contributed by atoms with Gasteiger partial charge in [-0.3, -0.25) is 0 Å². The Bertz CT molecular complexity index is 350. The van der Waals surface area contributed by atoms with E-state index in [1.807, 2.05) is 13.0 Å². The van der Waals surface area contributed by atoms with Gasteiger partial charge in [-0.15, -0.1) is 0 Å². The molecule has 0 amide bonds. The lowest BCUT2D eigenvalue weighted by Gasteiger charge is -2.09. The molecule has 2 heteroatoms. The molecular weight excluding hydrogens is 162 g/mol.